The Balaban J connectivity index is 2.09. The number of anilines is 1. The molecule has 5 nitrogen and oxygen atoms in total. The number of halogens is 2. The van der Waals surface area contributed by atoms with Gasteiger partial charge in [0, 0.05) is 30.0 Å². The van der Waals surface area contributed by atoms with Gasteiger partial charge in [0.2, 0.25) is 5.91 Å². The standard InChI is InChI=1S/C15H17Cl2NO4/c16-7-1-2-8-21-12-5-3-11-4-6-14(19)18(13(11)9-12)10-22-15(17)20/h3,5,9H,1-2,4,6-8,10H2. The summed E-state index contributed by atoms with van der Waals surface area (Å²) in [6.07, 6.45) is 2.80. The maximum Gasteiger partial charge on any atom is 0.405 e. The van der Waals surface area contributed by atoms with Gasteiger partial charge in [-0.2, -0.15) is 0 Å². The zero-order valence-corrected chi connectivity index (χ0v) is 13.5. The van der Waals surface area contributed by atoms with E-state index in [0.717, 1.165) is 18.4 Å². The molecular formula is C15H17Cl2NO4. The van der Waals surface area contributed by atoms with E-state index >= 15 is 0 Å². The average Bonchev–Trinajstić information content (AvgIpc) is 2.50. The van der Waals surface area contributed by atoms with Gasteiger partial charge in [-0.05, 0) is 30.9 Å². The number of alkyl halides is 1. The minimum absolute atomic E-state index is 0.107. The molecule has 0 spiro atoms. The van der Waals surface area contributed by atoms with Crippen LogP contribution in [0.1, 0.15) is 24.8 Å². The molecule has 2 rings (SSSR count). The highest BCUT2D eigenvalue weighted by Gasteiger charge is 2.25. The summed E-state index contributed by atoms with van der Waals surface area (Å²) in [5, 5.41) is 0. The van der Waals surface area contributed by atoms with E-state index in [9.17, 15) is 9.59 Å². The second-order valence-corrected chi connectivity index (χ2v) is 5.55. The fourth-order valence-corrected chi connectivity index (χ4v) is 2.49. The Labute approximate surface area is 139 Å². The molecule has 0 saturated heterocycles. The van der Waals surface area contributed by atoms with E-state index in [1.165, 1.54) is 4.90 Å². The molecule has 1 heterocycles. The molecule has 0 N–H and O–H groups in total. The normalized spacial score (nSPS) is 13.7. The first-order valence-electron chi connectivity index (χ1n) is 7.06. The molecule has 7 heteroatoms. The van der Waals surface area contributed by atoms with Gasteiger partial charge in [0.05, 0.1) is 12.3 Å². The van der Waals surface area contributed by atoms with E-state index in [-0.39, 0.29) is 12.6 Å². The van der Waals surface area contributed by atoms with Crippen molar-refractivity contribution in [2.24, 2.45) is 0 Å². The fourth-order valence-electron chi connectivity index (χ4n) is 2.25. The Hall–Kier alpha value is -1.46. The molecule has 1 aromatic rings. The summed E-state index contributed by atoms with van der Waals surface area (Å²) in [5.74, 6) is 1.18. The third-order valence-electron chi connectivity index (χ3n) is 3.36. The lowest BCUT2D eigenvalue weighted by atomic mass is 10.0. The Morgan fingerprint density at radius 3 is 2.82 bits per heavy atom. The van der Waals surface area contributed by atoms with E-state index in [4.69, 9.17) is 32.7 Å². The number of carbonyl (C=O) groups excluding carboxylic acids is 2. The van der Waals surface area contributed by atoms with E-state index in [0.29, 0.717) is 36.8 Å². The molecule has 120 valence electrons. The van der Waals surface area contributed by atoms with Crippen LogP contribution in [0.2, 0.25) is 0 Å². The summed E-state index contributed by atoms with van der Waals surface area (Å²) >= 11 is 10.8. The molecule has 0 bridgehead atoms. The Kier molecular flexibility index (Phi) is 6.34. The highest BCUT2D eigenvalue weighted by atomic mass is 35.5. The molecule has 1 aliphatic rings. The van der Waals surface area contributed by atoms with Crippen LogP contribution in [0.15, 0.2) is 18.2 Å². The smallest absolute Gasteiger partial charge is 0.405 e. The number of amides is 1. The monoisotopic (exact) mass is 345 g/mol. The number of hydrogen-bond acceptors (Lipinski definition) is 4. The molecule has 0 atom stereocenters. The van der Waals surface area contributed by atoms with E-state index < -0.39 is 5.43 Å². The van der Waals surface area contributed by atoms with E-state index in [1.54, 1.807) is 6.07 Å². The first kappa shape index (κ1) is 16.9. The predicted molar refractivity (Wildman–Crippen MR) is 84.9 cm³/mol. The van der Waals surface area contributed by atoms with Crippen LogP contribution in [0.4, 0.5) is 10.5 Å². The zero-order chi connectivity index (χ0) is 15.9. The Morgan fingerprint density at radius 2 is 2.09 bits per heavy atom. The minimum Gasteiger partial charge on any atom is -0.494 e. The number of fused-ring (bicyclic) bond motifs is 1. The van der Waals surface area contributed by atoms with Crippen LogP contribution in [-0.2, 0) is 16.0 Å². The zero-order valence-electron chi connectivity index (χ0n) is 12.0. The predicted octanol–water partition coefficient (Wildman–Crippen LogP) is 3.70. The summed E-state index contributed by atoms with van der Waals surface area (Å²) in [7, 11) is 0. The van der Waals surface area contributed by atoms with Crippen molar-refractivity contribution < 1.29 is 19.1 Å². The first-order valence-corrected chi connectivity index (χ1v) is 7.97. The van der Waals surface area contributed by atoms with Crippen molar-refractivity contribution in [1.82, 2.24) is 0 Å². The molecule has 0 unspecified atom stereocenters. The SMILES string of the molecule is O=C(Cl)OCN1C(=O)CCc2ccc(OCCCCCl)cc21. The molecule has 0 saturated carbocycles. The van der Waals surface area contributed by atoms with Gasteiger partial charge in [-0.1, -0.05) is 6.07 Å². The number of rotatable bonds is 7. The van der Waals surface area contributed by atoms with Crippen molar-refractivity contribution in [3.8, 4) is 5.75 Å². The van der Waals surface area contributed by atoms with Gasteiger partial charge in [-0.3, -0.25) is 9.69 Å². The summed E-state index contributed by atoms with van der Waals surface area (Å²) < 4.78 is 10.4. The van der Waals surface area contributed by atoms with Gasteiger partial charge in [0.1, 0.15) is 5.75 Å². The molecular weight excluding hydrogens is 329 g/mol. The summed E-state index contributed by atoms with van der Waals surface area (Å²) in [6.45, 7) is 0.375. The number of carbonyl (C=O) groups is 2. The number of unbranched alkanes of at least 4 members (excludes halogenated alkanes) is 1. The Morgan fingerprint density at radius 1 is 1.27 bits per heavy atom. The van der Waals surface area contributed by atoms with Crippen molar-refractivity contribution >= 4 is 40.2 Å². The van der Waals surface area contributed by atoms with Crippen LogP contribution < -0.4 is 9.64 Å². The minimum atomic E-state index is -0.937. The van der Waals surface area contributed by atoms with Crippen molar-refractivity contribution in [3.05, 3.63) is 23.8 Å². The number of ether oxygens (including phenoxy) is 2. The van der Waals surface area contributed by atoms with Crippen LogP contribution in [-0.4, -0.2) is 30.6 Å². The second kappa shape index (κ2) is 8.25. The second-order valence-electron chi connectivity index (χ2n) is 4.87. The lowest BCUT2D eigenvalue weighted by Gasteiger charge is -2.28. The van der Waals surface area contributed by atoms with Gasteiger partial charge in [0.15, 0.2) is 6.73 Å². The summed E-state index contributed by atoms with van der Waals surface area (Å²) in [5.41, 5.74) is 0.774. The van der Waals surface area contributed by atoms with Crippen LogP contribution in [0.3, 0.4) is 0 Å². The highest BCUT2D eigenvalue weighted by molar-refractivity contribution is 6.61. The van der Waals surface area contributed by atoms with Crippen molar-refractivity contribution in [2.75, 3.05) is 24.1 Å². The third-order valence-corrected chi connectivity index (χ3v) is 3.74. The lowest BCUT2D eigenvalue weighted by Crippen LogP contribution is -2.37. The van der Waals surface area contributed by atoms with Crippen molar-refractivity contribution in [2.45, 2.75) is 25.7 Å². The van der Waals surface area contributed by atoms with Crippen LogP contribution in [0, 0.1) is 0 Å². The first-order chi connectivity index (χ1) is 10.6. The largest absolute Gasteiger partial charge is 0.494 e. The number of benzene rings is 1. The topological polar surface area (TPSA) is 55.8 Å². The molecule has 0 aromatic heterocycles. The van der Waals surface area contributed by atoms with Gasteiger partial charge in [-0.25, -0.2) is 4.79 Å². The summed E-state index contributed by atoms with van der Waals surface area (Å²) in [4.78, 5) is 24.2. The van der Waals surface area contributed by atoms with E-state index in [2.05, 4.69) is 0 Å². The lowest BCUT2D eigenvalue weighted by molar-refractivity contribution is -0.119. The molecule has 1 amide bonds. The van der Waals surface area contributed by atoms with Crippen LogP contribution in [0.25, 0.3) is 0 Å². The molecule has 0 aliphatic carbocycles. The molecule has 1 aromatic carbocycles. The van der Waals surface area contributed by atoms with Gasteiger partial charge in [-0.15, -0.1) is 11.6 Å². The van der Waals surface area contributed by atoms with Crippen molar-refractivity contribution in [3.63, 3.8) is 0 Å². The molecule has 0 fully saturated rings. The van der Waals surface area contributed by atoms with Gasteiger partial charge >= 0.3 is 5.43 Å². The Bertz CT molecular complexity index is 550. The van der Waals surface area contributed by atoms with E-state index in [1.807, 2.05) is 12.1 Å². The highest BCUT2D eigenvalue weighted by Crippen LogP contribution is 2.31. The quantitative estimate of drug-likeness (QED) is 0.429. The average molecular weight is 346 g/mol. The molecule has 1 aliphatic heterocycles. The molecule has 0 radical (unpaired) electrons. The van der Waals surface area contributed by atoms with Gasteiger partial charge < -0.3 is 9.47 Å². The third kappa shape index (κ3) is 4.52. The maximum atomic E-state index is 12.0. The van der Waals surface area contributed by atoms with Crippen LogP contribution in [0.5, 0.6) is 5.75 Å². The molecule has 22 heavy (non-hydrogen) atoms. The van der Waals surface area contributed by atoms with Crippen LogP contribution >= 0.6 is 23.2 Å². The maximum absolute atomic E-state index is 12.0. The van der Waals surface area contributed by atoms with Gasteiger partial charge in [0.25, 0.3) is 0 Å². The number of nitrogens with zero attached hydrogens (tertiary/aromatic N) is 1. The fraction of sp³-hybridized carbons (Fsp3) is 0.467. The number of aryl methyl sites for hydroxylation is 1. The van der Waals surface area contributed by atoms with Crippen molar-refractivity contribution in [1.29, 1.82) is 0 Å². The number of hydrogen-bond donors (Lipinski definition) is 0. The summed E-state index contributed by atoms with van der Waals surface area (Å²) in [6, 6.07) is 5.59.